The Balaban J connectivity index is 1.40. The number of sulfonamides is 1. The smallest absolute Gasteiger partial charge is 0.218 e. The van der Waals surface area contributed by atoms with Crippen molar-refractivity contribution in [2.24, 2.45) is 0 Å². The fourth-order valence-electron chi connectivity index (χ4n) is 3.38. The lowest BCUT2D eigenvalue weighted by molar-refractivity contribution is 0.383. The number of halogens is 1. The first kappa shape index (κ1) is 19.8. The molecule has 0 amide bonds. The molecule has 0 N–H and O–H groups in total. The van der Waals surface area contributed by atoms with Crippen molar-refractivity contribution in [1.82, 2.24) is 14.5 Å². The summed E-state index contributed by atoms with van der Waals surface area (Å²) in [6.07, 6.45) is 0. The van der Waals surface area contributed by atoms with Crippen molar-refractivity contribution in [3.05, 3.63) is 77.3 Å². The van der Waals surface area contributed by atoms with Crippen LogP contribution in [-0.4, -0.2) is 49.1 Å². The van der Waals surface area contributed by atoms with E-state index < -0.39 is 10.0 Å². The molecule has 0 spiro atoms. The Labute approximate surface area is 175 Å². The lowest BCUT2D eigenvalue weighted by atomic mass is 10.1. The molecular weight excluding hydrogens is 408 g/mol. The van der Waals surface area contributed by atoms with Crippen molar-refractivity contribution in [2.75, 3.05) is 31.1 Å². The second kappa shape index (κ2) is 8.49. The molecule has 6 nitrogen and oxygen atoms in total. The van der Waals surface area contributed by atoms with Gasteiger partial charge in [-0.3, -0.25) is 0 Å². The molecule has 0 unspecified atom stereocenters. The van der Waals surface area contributed by atoms with Crippen molar-refractivity contribution in [1.29, 1.82) is 0 Å². The van der Waals surface area contributed by atoms with E-state index >= 15 is 0 Å². The highest BCUT2D eigenvalue weighted by Gasteiger charge is 2.27. The number of anilines is 1. The summed E-state index contributed by atoms with van der Waals surface area (Å²) in [5.41, 5.74) is 2.35. The molecule has 29 heavy (non-hydrogen) atoms. The Morgan fingerprint density at radius 3 is 2.17 bits per heavy atom. The lowest BCUT2D eigenvalue weighted by Crippen LogP contribution is -2.49. The molecule has 2 heterocycles. The number of hydrogen-bond donors (Lipinski definition) is 0. The van der Waals surface area contributed by atoms with Gasteiger partial charge in [0.05, 0.1) is 16.5 Å². The van der Waals surface area contributed by atoms with Crippen LogP contribution >= 0.6 is 11.6 Å². The zero-order valence-corrected chi connectivity index (χ0v) is 17.4. The summed E-state index contributed by atoms with van der Waals surface area (Å²) in [4.78, 5) is 2.05. The van der Waals surface area contributed by atoms with Crippen LogP contribution in [0.5, 0.6) is 0 Å². The molecule has 0 radical (unpaired) electrons. The highest BCUT2D eigenvalue weighted by atomic mass is 35.5. The summed E-state index contributed by atoms with van der Waals surface area (Å²) in [6, 6.07) is 20.6. The van der Waals surface area contributed by atoms with E-state index in [2.05, 4.69) is 15.1 Å². The summed E-state index contributed by atoms with van der Waals surface area (Å²) in [7, 11) is -3.33. The lowest BCUT2D eigenvalue weighted by Gasteiger charge is -2.34. The average molecular weight is 429 g/mol. The monoisotopic (exact) mass is 428 g/mol. The minimum atomic E-state index is -3.33. The number of benzene rings is 2. The van der Waals surface area contributed by atoms with Gasteiger partial charge in [-0.05, 0) is 23.8 Å². The Kier molecular flexibility index (Phi) is 5.80. The van der Waals surface area contributed by atoms with Gasteiger partial charge >= 0.3 is 0 Å². The van der Waals surface area contributed by atoms with Gasteiger partial charge in [-0.1, -0.05) is 60.1 Å². The molecule has 150 valence electrons. The molecule has 1 aliphatic rings. The second-order valence-electron chi connectivity index (χ2n) is 6.88. The van der Waals surface area contributed by atoms with Gasteiger partial charge in [-0.15, -0.1) is 10.2 Å². The maximum atomic E-state index is 12.7. The van der Waals surface area contributed by atoms with E-state index in [1.807, 2.05) is 66.7 Å². The molecule has 1 aromatic heterocycles. The molecule has 0 saturated carbocycles. The highest BCUT2D eigenvalue weighted by Crippen LogP contribution is 2.26. The molecule has 1 fully saturated rings. The largest absolute Gasteiger partial charge is 0.352 e. The van der Waals surface area contributed by atoms with Gasteiger partial charge in [0.1, 0.15) is 0 Å². The molecular formula is C21H21ClN4O2S. The van der Waals surface area contributed by atoms with Crippen LogP contribution in [-0.2, 0) is 15.8 Å². The molecule has 0 bridgehead atoms. The summed E-state index contributed by atoms with van der Waals surface area (Å²) in [5, 5.41) is 9.26. The van der Waals surface area contributed by atoms with Crippen molar-refractivity contribution in [2.45, 2.75) is 5.75 Å². The van der Waals surface area contributed by atoms with Gasteiger partial charge in [-0.2, -0.15) is 4.31 Å². The topological polar surface area (TPSA) is 66.4 Å². The Bertz CT molecular complexity index is 1070. The fourth-order valence-corrected chi connectivity index (χ4v) is 5.13. The zero-order valence-electron chi connectivity index (χ0n) is 15.8. The molecule has 8 heteroatoms. The van der Waals surface area contributed by atoms with Gasteiger partial charge in [-0.25, -0.2) is 8.42 Å². The first-order valence-electron chi connectivity index (χ1n) is 9.38. The van der Waals surface area contributed by atoms with Gasteiger partial charge in [0, 0.05) is 31.7 Å². The van der Waals surface area contributed by atoms with E-state index in [1.54, 1.807) is 4.31 Å². The van der Waals surface area contributed by atoms with Crippen LogP contribution in [0, 0.1) is 0 Å². The number of hydrogen-bond acceptors (Lipinski definition) is 5. The Hall–Kier alpha value is -2.48. The van der Waals surface area contributed by atoms with Crippen LogP contribution in [0.25, 0.3) is 11.3 Å². The first-order chi connectivity index (χ1) is 14.0. The van der Waals surface area contributed by atoms with E-state index in [4.69, 9.17) is 11.6 Å². The maximum Gasteiger partial charge on any atom is 0.218 e. The summed E-state index contributed by atoms with van der Waals surface area (Å²) in [6.45, 7) is 2.02. The molecule has 2 aromatic carbocycles. The van der Waals surface area contributed by atoms with E-state index in [-0.39, 0.29) is 5.75 Å². The zero-order chi connectivity index (χ0) is 20.3. The molecule has 0 aliphatic carbocycles. The quantitative estimate of drug-likeness (QED) is 0.622. The third-order valence-electron chi connectivity index (χ3n) is 4.95. The van der Waals surface area contributed by atoms with Crippen molar-refractivity contribution in [3.8, 4) is 11.3 Å². The average Bonchev–Trinajstić information content (AvgIpc) is 2.75. The summed E-state index contributed by atoms with van der Waals surface area (Å²) >= 11 is 6.22. The Morgan fingerprint density at radius 2 is 1.52 bits per heavy atom. The van der Waals surface area contributed by atoms with E-state index in [1.165, 1.54) is 0 Å². The van der Waals surface area contributed by atoms with Crippen molar-refractivity contribution in [3.63, 3.8) is 0 Å². The van der Waals surface area contributed by atoms with Crippen molar-refractivity contribution < 1.29 is 8.42 Å². The van der Waals surface area contributed by atoms with E-state index in [0.717, 1.165) is 16.9 Å². The standard InChI is InChI=1S/C21H21ClN4O2S/c22-19-9-5-4-8-18(19)20-10-11-21(24-23-20)25-12-14-26(15-13-25)29(27,28)16-17-6-2-1-3-7-17/h1-11H,12-16H2. The van der Waals surface area contributed by atoms with Crippen LogP contribution in [0.1, 0.15) is 5.56 Å². The molecule has 3 aromatic rings. The SMILES string of the molecule is O=S(=O)(Cc1ccccc1)N1CCN(c2ccc(-c3ccccc3Cl)nn2)CC1. The number of piperazine rings is 1. The predicted octanol–water partition coefficient (Wildman–Crippen LogP) is 3.45. The third-order valence-corrected chi connectivity index (χ3v) is 7.13. The summed E-state index contributed by atoms with van der Waals surface area (Å²) < 4.78 is 27.0. The predicted molar refractivity (Wildman–Crippen MR) is 115 cm³/mol. The number of rotatable bonds is 5. The molecule has 1 saturated heterocycles. The highest BCUT2D eigenvalue weighted by molar-refractivity contribution is 7.88. The van der Waals surface area contributed by atoms with Gasteiger partial charge in [0.15, 0.2) is 5.82 Å². The van der Waals surface area contributed by atoms with Crippen molar-refractivity contribution >= 4 is 27.4 Å². The molecule has 0 atom stereocenters. The fraction of sp³-hybridized carbons (Fsp3) is 0.238. The number of nitrogens with zero attached hydrogens (tertiary/aromatic N) is 4. The third kappa shape index (κ3) is 4.58. The number of aromatic nitrogens is 2. The minimum absolute atomic E-state index is 0.0280. The van der Waals surface area contributed by atoms with Crippen LogP contribution in [0.2, 0.25) is 5.02 Å². The Morgan fingerprint density at radius 1 is 0.828 bits per heavy atom. The van der Waals surface area contributed by atoms with Gasteiger partial charge in [0.25, 0.3) is 0 Å². The van der Waals surface area contributed by atoms with Gasteiger partial charge < -0.3 is 4.90 Å². The summed E-state index contributed by atoms with van der Waals surface area (Å²) in [5.74, 6) is 0.765. The van der Waals surface area contributed by atoms with Crippen LogP contribution < -0.4 is 4.90 Å². The van der Waals surface area contributed by atoms with Crippen LogP contribution in [0.15, 0.2) is 66.7 Å². The normalized spacial score (nSPS) is 15.4. The van der Waals surface area contributed by atoms with E-state index in [0.29, 0.717) is 36.9 Å². The maximum absolute atomic E-state index is 12.7. The molecule has 4 rings (SSSR count). The van der Waals surface area contributed by atoms with Gasteiger partial charge in [0.2, 0.25) is 10.0 Å². The first-order valence-corrected chi connectivity index (χ1v) is 11.4. The second-order valence-corrected chi connectivity index (χ2v) is 9.26. The van der Waals surface area contributed by atoms with Crippen LogP contribution in [0.4, 0.5) is 5.82 Å². The molecule has 1 aliphatic heterocycles. The van der Waals surface area contributed by atoms with E-state index in [9.17, 15) is 8.42 Å². The van der Waals surface area contributed by atoms with Crippen LogP contribution in [0.3, 0.4) is 0 Å². The minimum Gasteiger partial charge on any atom is -0.352 e.